The molecule has 0 fully saturated rings. The molecule has 0 bridgehead atoms. The van der Waals surface area contributed by atoms with E-state index in [1.54, 1.807) is 11.8 Å². The third-order valence-corrected chi connectivity index (χ3v) is 3.24. The molecule has 3 nitrogen and oxygen atoms in total. The SMILES string of the molecule is Nc1cc(Br)ccc1SCCOCCO. The Morgan fingerprint density at radius 1 is 1.40 bits per heavy atom. The van der Waals surface area contributed by atoms with Crippen molar-refractivity contribution in [3.63, 3.8) is 0 Å². The first kappa shape index (κ1) is 12.8. The lowest BCUT2D eigenvalue weighted by Gasteiger charge is -2.06. The van der Waals surface area contributed by atoms with Gasteiger partial charge >= 0.3 is 0 Å². The Bertz CT molecular complexity index is 309. The van der Waals surface area contributed by atoms with Crippen molar-refractivity contribution >= 4 is 33.4 Å². The van der Waals surface area contributed by atoms with Gasteiger partial charge in [-0.3, -0.25) is 0 Å². The van der Waals surface area contributed by atoms with Crippen molar-refractivity contribution in [1.82, 2.24) is 0 Å². The molecular weight excluding hydrogens is 278 g/mol. The number of thioether (sulfide) groups is 1. The number of nitrogen functional groups attached to an aromatic ring is 1. The van der Waals surface area contributed by atoms with E-state index in [1.807, 2.05) is 18.2 Å². The Kier molecular flexibility index (Phi) is 6.09. The maximum Gasteiger partial charge on any atom is 0.0698 e. The van der Waals surface area contributed by atoms with Gasteiger partial charge in [0.15, 0.2) is 0 Å². The van der Waals surface area contributed by atoms with E-state index in [0.29, 0.717) is 13.2 Å². The van der Waals surface area contributed by atoms with Crippen LogP contribution in [0.1, 0.15) is 0 Å². The zero-order chi connectivity index (χ0) is 11.1. The highest BCUT2D eigenvalue weighted by molar-refractivity contribution is 9.10. The van der Waals surface area contributed by atoms with E-state index in [-0.39, 0.29) is 6.61 Å². The third kappa shape index (κ3) is 4.88. The van der Waals surface area contributed by atoms with Crippen LogP contribution in [0.15, 0.2) is 27.6 Å². The molecule has 0 spiro atoms. The van der Waals surface area contributed by atoms with Crippen molar-refractivity contribution in [2.45, 2.75) is 4.90 Å². The fourth-order valence-electron chi connectivity index (χ4n) is 1.03. The second kappa shape index (κ2) is 7.11. The summed E-state index contributed by atoms with van der Waals surface area (Å²) in [6.07, 6.45) is 0. The van der Waals surface area contributed by atoms with Gasteiger partial charge in [-0.25, -0.2) is 0 Å². The van der Waals surface area contributed by atoms with Gasteiger partial charge in [0.2, 0.25) is 0 Å². The summed E-state index contributed by atoms with van der Waals surface area (Å²) < 4.78 is 6.13. The van der Waals surface area contributed by atoms with Gasteiger partial charge in [-0.1, -0.05) is 15.9 Å². The highest BCUT2D eigenvalue weighted by Gasteiger charge is 2.00. The Morgan fingerprint density at radius 2 is 2.20 bits per heavy atom. The summed E-state index contributed by atoms with van der Waals surface area (Å²) in [5.41, 5.74) is 6.61. The Morgan fingerprint density at radius 3 is 2.87 bits per heavy atom. The number of hydrogen-bond acceptors (Lipinski definition) is 4. The summed E-state index contributed by atoms with van der Waals surface area (Å²) in [5, 5.41) is 8.50. The van der Waals surface area contributed by atoms with Crippen molar-refractivity contribution in [3.05, 3.63) is 22.7 Å². The fraction of sp³-hybridized carbons (Fsp3) is 0.400. The molecule has 0 aliphatic rings. The number of ether oxygens (including phenoxy) is 1. The van der Waals surface area contributed by atoms with Crippen LogP contribution in [0.25, 0.3) is 0 Å². The van der Waals surface area contributed by atoms with Crippen LogP contribution in [-0.4, -0.2) is 30.7 Å². The number of hydrogen-bond donors (Lipinski definition) is 2. The van der Waals surface area contributed by atoms with E-state index in [1.165, 1.54) is 0 Å². The molecule has 15 heavy (non-hydrogen) atoms. The maximum absolute atomic E-state index is 8.50. The van der Waals surface area contributed by atoms with E-state index in [2.05, 4.69) is 15.9 Å². The quantitative estimate of drug-likeness (QED) is 0.479. The van der Waals surface area contributed by atoms with Crippen molar-refractivity contribution in [2.24, 2.45) is 0 Å². The van der Waals surface area contributed by atoms with Gasteiger partial charge in [0.25, 0.3) is 0 Å². The lowest BCUT2D eigenvalue weighted by atomic mass is 10.3. The number of aliphatic hydroxyl groups is 1. The number of rotatable bonds is 6. The average Bonchev–Trinajstić information content (AvgIpc) is 2.20. The van der Waals surface area contributed by atoms with Gasteiger partial charge in [-0.15, -0.1) is 11.8 Å². The molecule has 0 unspecified atom stereocenters. The monoisotopic (exact) mass is 291 g/mol. The van der Waals surface area contributed by atoms with Gasteiger partial charge < -0.3 is 15.6 Å². The molecule has 3 N–H and O–H groups in total. The minimum atomic E-state index is 0.0745. The van der Waals surface area contributed by atoms with Crippen LogP contribution >= 0.6 is 27.7 Å². The highest BCUT2D eigenvalue weighted by atomic mass is 79.9. The highest BCUT2D eigenvalue weighted by Crippen LogP contribution is 2.27. The molecule has 84 valence electrons. The van der Waals surface area contributed by atoms with Gasteiger partial charge in [-0.2, -0.15) is 0 Å². The van der Waals surface area contributed by atoms with Gasteiger partial charge in [0.05, 0.1) is 19.8 Å². The van der Waals surface area contributed by atoms with E-state index < -0.39 is 0 Å². The van der Waals surface area contributed by atoms with Crippen LogP contribution in [0.2, 0.25) is 0 Å². The van der Waals surface area contributed by atoms with Crippen molar-refractivity contribution < 1.29 is 9.84 Å². The Hall–Kier alpha value is -0.230. The Balaban J connectivity index is 2.31. The van der Waals surface area contributed by atoms with Crippen molar-refractivity contribution in [1.29, 1.82) is 0 Å². The third-order valence-electron chi connectivity index (χ3n) is 1.69. The van der Waals surface area contributed by atoms with E-state index in [4.69, 9.17) is 15.6 Å². The number of aliphatic hydroxyl groups excluding tert-OH is 1. The zero-order valence-electron chi connectivity index (χ0n) is 8.28. The predicted octanol–water partition coefficient (Wildman–Crippen LogP) is 2.13. The Labute approximate surface area is 102 Å². The number of halogens is 1. The molecule has 0 amide bonds. The first-order valence-corrected chi connectivity index (χ1v) is 6.38. The molecule has 0 aliphatic heterocycles. The van der Waals surface area contributed by atoms with Crippen molar-refractivity contribution in [2.75, 3.05) is 31.3 Å². The second-order valence-electron chi connectivity index (χ2n) is 2.87. The smallest absolute Gasteiger partial charge is 0.0698 e. The fourth-order valence-corrected chi connectivity index (χ4v) is 2.22. The van der Waals surface area contributed by atoms with Crippen LogP contribution in [0.5, 0.6) is 0 Å². The van der Waals surface area contributed by atoms with Crippen LogP contribution in [0, 0.1) is 0 Å². The largest absolute Gasteiger partial charge is 0.398 e. The zero-order valence-corrected chi connectivity index (χ0v) is 10.7. The molecule has 5 heteroatoms. The van der Waals surface area contributed by atoms with Crippen molar-refractivity contribution in [3.8, 4) is 0 Å². The standard InChI is InChI=1S/C10H14BrNO2S/c11-8-1-2-10(9(12)7-8)15-6-5-14-4-3-13/h1-2,7,13H,3-6,12H2. The first-order valence-electron chi connectivity index (χ1n) is 4.60. The predicted molar refractivity (Wildman–Crippen MR) is 67.2 cm³/mol. The van der Waals surface area contributed by atoms with Gasteiger partial charge in [-0.05, 0) is 18.2 Å². The minimum Gasteiger partial charge on any atom is -0.398 e. The van der Waals surface area contributed by atoms with Crippen LogP contribution in [0.4, 0.5) is 5.69 Å². The first-order chi connectivity index (χ1) is 7.24. The van der Waals surface area contributed by atoms with Gasteiger partial charge in [0.1, 0.15) is 0 Å². The minimum absolute atomic E-state index is 0.0745. The van der Waals surface area contributed by atoms with Gasteiger partial charge in [0, 0.05) is 20.8 Å². The molecule has 0 saturated heterocycles. The molecule has 0 saturated carbocycles. The lowest BCUT2D eigenvalue weighted by Crippen LogP contribution is -2.02. The topological polar surface area (TPSA) is 55.5 Å². The summed E-state index contributed by atoms with van der Waals surface area (Å²) in [6, 6.07) is 5.83. The molecule has 0 aliphatic carbocycles. The van der Waals surface area contributed by atoms with Crippen LogP contribution < -0.4 is 5.73 Å². The van der Waals surface area contributed by atoms with E-state index >= 15 is 0 Å². The average molecular weight is 292 g/mol. The summed E-state index contributed by atoms with van der Waals surface area (Å²) in [6.45, 7) is 1.10. The van der Waals surface area contributed by atoms with Crippen LogP contribution in [0.3, 0.4) is 0 Å². The summed E-state index contributed by atoms with van der Waals surface area (Å²) in [4.78, 5) is 1.06. The van der Waals surface area contributed by atoms with E-state index in [9.17, 15) is 0 Å². The van der Waals surface area contributed by atoms with E-state index in [0.717, 1.165) is 20.8 Å². The molecule has 0 heterocycles. The number of anilines is 1. The molecule has 0 radical (unpaired) electrons. The molecule has 1 aromatic carbocycles. The second-order valence-corrected chi connectivity index (χ2v) is 4.92. The molecule has 1 rings (SSSR count). The molecular formula is C10H14BrNO2S. The summed E-state index contributed by atoms with van der Waals surface area (Å²) >= 11 is 5.01. The lowest BCUT2D eigenvalue weighted by molar-refractivity contribution is 0.103. The maximum atomic E-state index is 8.50. The molecule has 1 aromatic rings. The number of benzene rings is 1. The summed E-state index contributed by atoms with van der Waals surface area (Å²) in [5.74, 6) is 0.839. The molecule has 0 atom stereocenters. The molecule has 0 aromatic heterocycles. The van der Waals surface area contributed by atoms with Crippen LogP contribution in [-0.2, 0) is 4.74 Å². The normalized spacial score (nSPS) is 10.5. The number of nitrogens with two attached hydrogens (primary N) is 1. The summed E-state index contributed by atoms with van der Waals surface area (Å²) in [7, 11) is 0.